The van der Waals surface area contributed by atoms with Crippen molar-refractivity contribution < 1.29 is 17.9 Å². The van der Waals surface area contributed by atoms with Crippen molar-refractivity contribution in [3.8, 4) is 0 Å². The van der Waals surface area contributed by atoms with Crippen LogP contribution in [0.5, 0.6) is 0 Å². The minimum Gasteiger partial charge on any atom is -0.468 e. The second-order valence-corrected chi connectivity index (χ2v) is 6.41. The van der Waals surface area contributed by atoms with Crippen LogP contribution < -0.4 is 0 Å². The van der Waals surface area contributed by atoms with Crippen LogP contribution in [0.2, 0.25) is 5.15 Å². The molecule has 1 aliphatic rings. The number of methoxy groups -OCH3 is 1. The number of halogens is 1. The molecule has 1 unspecified atom stereocenters. The Kier molecular flexibility index (Phi) is 3.84. The van der Waals surface area contributed by atoms with Crippen molar-refractivity contribution in [3.05, 3.63) is 11.5 Å². The number of esters is 1. The second-order valence-electron chi connectivity index (χ2n) is 4.25. The van der Waals surface area contributed by atoms with Crippen LogP contribution >= 0.6 is 11.6 Å². The largest absolute Gasteiger partial charge is 0.468 e. The van der Waals surface area contributed by atoms with Gasteiger partial charge in [0, 0.05) is 13.6 Å². The highest BCUT2D eigenvalue weighted by molar-refractivity contribution is 7.89. The zero-order chi connectivity index (χ0) is 14.2. The minimum atomic E-state index is -3.88. The SMILES string of the molecule is COC(=O)C1CCCN1S(=O)(=O)c1ncn(C)c1Cl. The Balaban J connectivity index is 2.39. The summed E-state index contributed by atoms with van der Waals surface area (Å²) < 4.78 is 32.0. The third-order valence-corrected chi connectivity index (χ3v) is 5.46. The van der Waals surface area contributed by atoms with Gasteiger partial charge in [0.05, 0.1) is 13.4 Å². The Labute approximate surface area is 116 Å². The fraction of sp³-hybridized carbons (Fsp3) is 0.600. The first-order chi connectivity index (χ1) is 8.89. The van der Waals surface area contributed by atoms with Crippen molar-refractivity contribution in [2.45, 2.75) is 23.9 Å². The van der Waals surface area contributed by atoms with Crippen molar-refractivity contribution in [1.29, 1.82) is 0 Å². The predicted octanol–water partition coefficient (Wildman–Crippen LogP) is 0.400. The van der Waals surface area contributed by atoms with E-state index >= 15 is 0 Å². The molecule has 2 rings (SSSR count). The van der Waals surface area contributed by atoms with Crippen molar-refractivity contribution >= 4 is 27.6 Å². The van der Waals surface area contributed by atoms with Crippen LogP contribution in [0.1, 0.15) is 12.8 Å². The van der Waals surface area contributed by atoms with Crippen LogP contribution in [0.25, 0.3) is 0 Å². The Morgan fingerprint density at radius 2 is 2.26 bits per heavy atom. The van der Waals surface area contributed by atoms with Crippen molar-refractivity contribution in [1.82, 2.24) is 13.9 Å². The topological polar surface area (TPSA) is 81.5 Å². The average Bonchev–Trinajstić information content (AvgIpc) is 2.97. The van der Waals surface area contributed by atoms with Gasteiger partial charge in [-0.25, -0.2) is 13.4 Å². The molecular weight excluding hydrogens is 294 g/mol. The van der Waals surface area contributed by atoms with Gasteiger partial charge in [-0.3, -0.25) is 4.79 Å². The summed E-state index contributed by atoms with van der Waals surface area (Å²) in [6.07, 6.45) is 2.36. The number of imidazole rings is 1. The van der Waals surface area contributed by atoms with Gasteiger partial charge in [-0.1, -0.05) is 11.6 Å². The van der Waals surface area contributed by atoms with E-state index in [0.29, 0.717) is 12.8 Å². The first kappa shape index (κ1) is 14.3. The molecule has 0 radical (unpaired) electrons. The average molecular weight is 308 g/mol. The van der Waals surface area contributed by atoms with E-state index in [1.165, 1.54) is 18.0 Å². The van der Waals surface area contributed by atoms with E-state index in [-0.39, 0.29) is 16.7 Å². The fourth-order valence-electron chi connectivity index (χ4n) is 2.08. The summed E-state index contributed by atoms with van der Waals surface area (Å²) in [5.74, 6) is -0.562. The number of aryl methyl sites for hydroxylation is 1. The van der Waals surface area contributed by atoms with Crippen LogP contribution in [0, 0.1) is 0 Å². The molecule has 0 amide bonds. The van der Waals surface area contributed by atoms with E-state index < -0.39 is 22.0 Å². The van der Waals surface area contributed by atoms with Crippen LogP contribution in [-0.4, -0.2) is 47.9 Å². The lowest BCUT2D eigenvalue weighted by atomic mass is 10.2. The molecule has 106 valence electrons. The molecule has 0 bridgehead atoms. The summed E-state index contributed by atoms with van der Waals surface area (Å²) in [5.41, 5.74) is 0. The van der Waals surface area contributed by atoms with Gasteiger partial charge in [0.25, 0.3) is 10.0 Å². The lowest BCUT2D eigenvalue weighted by Gasteiger charge is -2.21. The van der Waals surface area contributed by atoms with Gasteiger partial charge in [0.15, 0.2) is 0 Å². The quantitative estimate of drug-likeness (QED) is 0.755. The number of ether oxygens (including phenoxy) is 1. The maximum atomic E-state index is 12.5. The molecular formula is C10H14ClN3O4S. The summed E-state index contributed by atoms with van der Waals surface area (Å²) >= 11 is 5.91. The molecule has 1 aromatic heterocycles. The number of nitrogens with zero attached hydrogens (tertiary/aromatic N) is 3. The van der Waals surface area contributed by atoms with E-state index in [1.54, 1.807) is 7.05 Å². The molecule has 9 heteroatoms. The monoisotopic (exact) mass is 307 g/mol. The molecule has 1 aliphatic heterocycles. The molecule has 1 fully saturated rings. The Bertz CT molecular complexity index is 598. The van der Waals surface area contributed by atoms with Crippen LogP contribution in [-0.2, 0) is 26.6 Å². The highest BCUT2D eigenvalue weighted by Crippen LogP contribution is 2.29. The highest BCUT2D eigenvalue weighted by atomic mass is 35.5. The first-order valence-electron chi connectivity index (χ1n) is 5.66. The smallest absolute Gasteiger partial charge is 0.324 e. The lowest BCUT2D eigenvalue weighted by Crippen LogP contribution is -2.41. The Morgan fingerprint density at radius 1 is 1.58 bits per heavy atom. The summed E-state index contributed by atoms with van der Waals surface area (Å²) in [6, 6.07) is -0.798. The molecule has 1 aromatic rings. The number of carbonyl (C=O) groups excluding carboxylic acids is 1. The number of sulfonamides is 1. The molecule has 0 aliphatic carbocycles. The highest BCUT2D eigenvalue weighted by Gasteiger charge is 2.42. The van der Waals surface area contributed by atoms with Crippen molar-refractivity contribution in [2.75, 3.05) is 13.7 Å². The minimum absolute atomic E-state index is 0.0236. The molecule has 1 saturated heterocycles. The van der Waals surface area contributed by atoms with Gasteiger partial charge in [0.1, 0.15) is 11.2 Å². The predicted molar refractivity (Wildman–Crippen MR) is 67.1 cm³/mol. The zero-order valence-corrected chi connectivity index (χ0v) is 12.1. The van der Waals surface area contributed by atoms with Crippen molar-refractivity contribution in [3.63, 3.8) is 0 Å². The molecule has 1 atom stereocenters. The van der Waals surface area contributed by atoms with Crippen LogP contribution in [0.3, 0.4) is 0 Å². The molecule has 0 aromatic carbocycles. The number of hydrogen-bond donors (Lipinski definition) is 0. The normalized spacial score (nSPS) is 20.7. The summed E-state index contributed by atoms with van der Waals surface area (Å²) in [6.45, 7) is 0.259. The van der Waals surface area contributed by atoms with Gasteiger partial charge in [-0.2, -0.15) is 4.31 Å². The van der Waals surface area contributed by atoms with Gasteiger partial charge in [-0.15, -0.1) is 0 Å². The van der Waals surface area contributed by atoms with E-state index in [0.717, 1.165) is 4.31 Å². The van der Waals surface area contributed by atoms with E-state index in [2.05, 4.69) is 9.72 Å². The van der Waals surface area contributed by atoms with Crippen LogP contribution in [0.15, 0.2) is 11.4 Å². The number of hydrogen-bond acceptors (Lipinski definition) is 5. The van der Waals surface area contributed by atoms with Crippen LogP contribution in [0.4, 0.5) is 0 Å². The lowest BCUT2D eigenvalue weighted by molar-refractivity contribution is -0.144. The Morgan fingerprint density at radius 3 is 2.79 bits per heavy atom. The molecule has 0 spiro atoms. The van der Waals surface area contributed by atoms with E-state index in [9.17, 15) is 13.2 Å². The standard InChI is InChI=1S/C10H14ClN3O4S/c1-13-6-12-9(8(13)11)19(16,17)14-5-3-4-7(14)10(15)18-2/h6-7H,3-5H2,1-2H3. The molecule has 7 nitrogen and oxygen atoms in total. The Hall–Kier alpha value is -1.12. The molecule has 0 N–H and O–H groups in total. The summed E-state index contributed by atoms with van der Waals surface area (Å²) in [5, 5.41) is -0.206. The van der Waals surface area contributed by atoms with Gasteiger partial charge >= 0.3 is 5.97 Å². The number of aromatic nitrogens is 2. The zero-order valence-electron chi connectivity index (χ0n) is 10.5. The maximum absolute atomic E-state index is 12.5. The first-order valence-corrected chi connectivity index (χ1v) is 7.48. The fourth-order valence-corrected chi connectivity index (χ4v) is 4.12. The van der Waals surface area contributed by atoms with Gasteiger partial charge < -0.3 is 9.30 Å². The maximum Gasteiger partial charge on any atom is 0.324 e. The second kappa shape index (κ2) is 5.10. The number of carbonyl (C=O) groups is 1. The molecule has 2 heterocycles. The number of rotatable bonds is 3. The third kappa shape index (κ3) is 2.35. The third-order valence-electron chi connectivity index (χ3n) is 3.06. The van der Waals surface area contributed by atoms with E-state index in [4.69, 9.17) is 11.6 Å². The van der Waals surface area contributed by atoms with Crippen molar-refractivity contribution in [2.24, 2.45) is 7.05 Å². The van der Waals surface area contributed by atoms with Gasteiger partial charge in [-0.05, 0) is 12.8 Å². The van der Waals surface area contributed by atoms with Gasteiger partial charge in [0.2, 0.25) is 5.03 Å². The summed E-state index contributed by atoms with van der Waals surface area (Å²) in [4.78, 5) is 15.4. The summed E-state index contributed by atoms with van der Waals surface area (Å²) in [7, 11) is -1.06. The molecule has 0 saturated carbocycles. The molecule has 19 heavy (non-hydrogen) atoms. The van der Waals surface area contributed by atoms with E-state index in [1.807, 2.05) is 0 Å².